The lowest BCUT2D eigenvalue weighted by Crippen LogP contribution is -2.46. The van der Waals surface area contributed by atoms with Crippen LogP contribution in [0.4, 0.5) is 5.69 Å². The molecule has 0 spiro atoms. The van der Waals surface area contributed by atoms with Crippen molar-refractivity contribution >= 4 is 35.2 Å². The van der Waals surface area contributed by atoms with Crippen molar-refractivity contribution in [1.82, 2.24) is 4.90 Å². The van der Waals surface area contributed by atoms with Crippen molar-refractivity contribution in [2.24, 2.45) is 11.3 Å². The van der Waals surface area contributed by atoms with Crippen LogP contribution in [0.2, 0.25) is 0 Å². The zero-order valence-corrected chi connectivity index (χ0v) is 15.0. The maximum atomic E-state index is 12.9. The molecule has 0 bridgehead atoms. The fourth-order valence-corrected chi connectivity index (χ4v) is 4.99. The van der Waals surface area contributed by atoms with Crippen LogP contribution in [-0.2, 0) is 19.1 Å². The summed E-state index contributed by atoms with van der Waals surface area (Å²) in [7, 11) is 0. The van der Waals surface area contributed by atoms with Crippen LogP contribution in [0.25, 0.3) is 0 Å². The van der Waals surface area contributed by atoms with Crippen molar-refractivity contribution in [1.29, 1.82) is 0 Å². The van der Waals surface area contributed by atoms with Crippen LogP contribution in [0.15, 0.2) is 29.2 Å². The second-order valence-corrected chi connectivity index (χ2v) is 8.01. The average Bonchev–Trinajstić information content (AvgIpc) is 3.05. The Morgan fingerprint density at radius 1 is 1.35 bits per heavy atom. The molecule has 2 atom stereocenters. The molecule has 0 aromatic heterocycles. The number of benzene rings is 1. The van der Waals surface area contributed by atoms with Crippen LogP contribution in [0.1, 0.15) is 6.42 Å². The first-order valence-corrected chi connectivity index (χ1v) is 9.61. The Morgan fingerprint density at radius 3 is 2.92 bits per heavy atom. The lowest BCUT2D eigenvalue weighted by molar-refractivity contribution is -0.157. The molecule has 26 heavy (non-hydrogen) atoms. The van der Waals surface area contributed by atoms with Crippen LogP contribution < -0.4 is 4.90 Å². The highest BCUT2D eigenvalue weighted by molar-refractivity contribution is 8.00. The van der Waals surface area contributed by atoms with E-state index in [1.807, 2.05) is 24.3 Å². The molecule has 0 unspecified atom stereocenters. The number of carbonyl (C=O) groups excluding carboxylic acids is 2. The Labute approximate surface area is 155 Å². The van der Waals surface area contributed by atoms with E-state index in [1.165, 1.54) is 16.7 Å². The fraction of sp³-hybridized carbons (Fsp3) is 0.500. The van der Waals surface area contributed by atoms with E-state index in [9.17, 15) is 19.5 Å². The van der Waals surface area contributed by atoms with Gasteiger partial charge in [-0.1, -0.05) is 12.1 Å². The van der Waals surface area contributed by atoms with Gasteiger partial charge in [0.2, 0.25) is 11.8 Å². The second-order valence-electron chi connectivity index (χ2n) is 6.99. The van der Waals surface area contributed by atoms with Gasteiger partial charge in [0, 0.05) is 30.5 Å². The molecule has 138 valence electrons. The molecule has 4 rings (SSSR count). The molecular weight excluding hydrogens is 356 g/mol. The first-order chi connectivity index (χ1) is 12.5. The average molecular weight is 376 g/mol. The zero-order chi connectivity index (χ0) is 18.3. The summed E-state index contributed by atoms with van der Waals surface area (Å²) < 4.78 is 5.43. The maximum absolute atomic E-state index is 12.9. The summed E-state index contributed by atoms with van der Waals surface area (Å²) in [6, 6.07) is 7.52. The third-order valence-electron chi connectivity index (χ3n) is 5.59. The predicted octanol–water partition coefficient (Wildman–Crippen LogP) is 1.07. The number of hydrogen-bond acceptors (Lipinski definition) is 5. The summed E-state index contributed by atoms with van der Waals surface area (Å²) in [6.45, 7) is 1.26. The van der Waals surface area contributed by atoms with Gasteiger partial charge in [0.15, 0.2) is 0 Å². The molecule has 2 fully saturated rings. The topological polar surface area (TPSA) is 87.2 Å². The third-order valence-corrected chi connectivity index (χ3v) is 6.63. The lowest BCUT2D eigenvalue weighted by atomic mass is 9.74. The number of ether oxygens (including phenoxy) is 1. The van der Waals surface area contributed by atoms with Crippen LogP contribution >= 0.6 is 11.8 Å². The Balaban J connectivity index is 1.53. The van der Waals surface area contributed by atoms with Crippen LogP contribution in [0.5, 0.6) is 0 Å². The quantitative estimate of drug-likeness (QED) is 0.849. The number of fused-ring (bicyclic) bond motifs is 2. The predicted molar refractivity (Wildman–Crippen MR) is 95.1 cm³/mol. The van der Waals surface area contributed by atoms with Gasteiger partial charge in [-0.2, -0.15) is 0 Å². The SMILES string of the molecule is O=C(CN1C(=O)CSc2ccccc21)N1C[C@H]2COCC[C@@]2(C(=O)O)C1. The maximum Gasteiger partial charge on any atom is 0.311 e. The van der Waals surface area contributed by atoms with E-state index in [0.717, 1.165) is 10.6 Å². The van der Waals surface area contributed by atoms with Gasteiger partial charge in [0.25, 0.3) is 0 Å². The molecule has 0 radical (unpaired) electrons. The first-order valence-electron chi connectivity index (χ1n) is 8.62. The molecule has 1 N–H and O–H groups in total. The largest absolute Gasteiger partial charge is 0.481 e. The summed E-state index contributed by atoms with van der Waals surface area (Å²) in [5.41, 5.74) is -0.178. The molecule has 1 aromatic carbocycles. The first kappa shape index (κ1) is 17.4. The van der Waals surface area contributed by atoms with Gasteiger partial charge < -0.3 is 19.6 Å². The van der Waals surface area contributed by atoms with Crippen molar-refractivity contribution in [3.63, 3.8) is 0 Å². The smallest absolute Gasteiger partial charge is 0.311 e. The highest BCUT2D eigenvalue weighted by Gasteiger charge is 2.55. The van der Waals surface area contributed by atoms with Crippen LogP contribution in [-0.4, -0.2) is 66.4 Å². The Morgan fingerprint density at radius 2 is 2.15 bits per heavy atom. The minimum Gasteiger partial charge on any atom is -0.481 e. The number of para-hydroxylation sites is 1. The van der Waals surface area contributed by atoms with Crippen molar-refractivity contribution < 1.29 is 24.2 Å². The molecule has 7 nitrogen and oxygen atoms in total. The minimum atomic E-state index is -0.923. The van der Waals surface area contributed by atoms with Gasteiger partial charge in [-0.25, -0.2) is 0 Å². The van der Waals surface area contributed by atoms with Gasteiger partial charge >= 0.3 is 5.97 Å². The Bertz CT molecular complexity index is 770. The number of aliphatic carboxylic acids is 1. The number of likely N-dealkylation sites (tertiary alicyclic amines) is 1. The summed E-state index contributed by atoms with van der Waals surface area (Å²) in [5, 5.41) is 9.73. The molecule has 0 aliphatic carbocycles. The monoisotopic (exact) mass is 376 g/mol. The number of amides is 2. The van der Waals surface area contributed by atoms with Crippen LogP contribution in [0.3, 0.4) is 0 Å². The number of carboxylic acids is 1. The number of carboxylic acid groups (broad SMARTS) is 1. The van der Waals surface area contributed by atoms with Gasteiger partial charge in [-0.3, -0.25) is 14.4 Å². The molecule has 1 aromatic rings. The number of anilines is 1. The standard InChI is InChI=1S/C18H20N2O5S/c21-15(8-20-13-3-1-2-4-14(13)26-10-16(20)22)19-7-12-9-25-6-5-18(12,11-19)17(23)24/h1-4,12H,5-11H2,(H,23,24)/t12-,18+/m0/s1. The van der Waals surface area contributed by atoms with Crippen molar-refractivity contribution in [2.45, 2.75) is 11.3 Å². The Kier molecular flexibility index (Phi) is 4.40. The van der Waals surface area contributed by atoms with E-state index in [2.05, 4.69) is 0 Å². The van der Waals surface area contributed by atoms with Crippen molar-refractivity contribution in [3.8, 4) is 0 Å². The summed E-state index contributed by atoms with van der Waals surface area (Å²) in [5.74, 6) is -1.07. The van der Waals surface area contributed by atoms with E-state index < -0.39 is 11.4 Å². The van der Waals surface area contributed by atoms with Gasteiger partial charge in [-0.05, 0) is 18.6 Å². The number of rotatable bonds is 3. The number of nitrogens with zero attached hydrogens (tertiary/aromatic N) is 2. The molecule has 0 saturated carbocycles. The summed E-state index contributed by atoms with van der Waals surface area (Å²) in [6.07, 6.45) is 0.416. The molecular formula is C18H20N2O5S. The van der Waals surface area contributed by atoms with E-state index in [-0.39, 0.29) is 30.8 Å². The fourth-order valence-electron chi connectivity index (χ4n) is 4.05. The normalized spacial score (nSPS) is 27.8. The van der Waals surface area contributed by atoms with Gasteiger partial charge in [0.05, 0.1) is 23.5 Å². The van der Waals surface area contributed by atoms with Gasteiger partial charge in [-0.15, -0.1) is 11.8 Å². The number of thioether (sulfide) groups is 1. The summed E-state index contributed by atoms with van der Waals surface area (Å²) >= 11 is 1.47. The number of carbonyl (C=O) groups is 3. The van der Waals surface area contributed by atoms with E-state index in [1.54, 1.807) is 4.90 Å². The van der Waals surface area contributed by atoms with Crippen molar-refractivity contribution in [3.05, 3.63) is 24.3 Å². The van der Waals surface area contributed by atoms with Crippen molar-refractivity contribution in [2.75, 3.05) is 43.5 Å². The van der Waals surface area contributed by atoms with E-state index in [0.29, 0.717) is 31.9 Å². The lowest BCUT2D eigenvalue weighted by Gasteiger charge is -2.34. The number of hydrogen-bond donors (Lipinski definition) is 1. The Hall–Kier alpha value is -2.06. The molecule has 2 saturated heterocycles. The third kappa shape index (κ3) is 2.77. The minimum absolute atomic E-state index is 0.0559. The summed E-state index contributed by atoms with van der Waals surface area (Å²) in [4.78, 5) is 41.2. The highest BCUT2D eigenvalue weighted by Crippen LogP contribution is 2.42. The highest BCUT2D eigenvalue weighted by atomic mass is 32.2. The molecule has 2 amide bonds. The van der Waals surface area contributed by atoms with E-state index in [4.69, 9.17) is 4.74 Å². The molecule has 3 aliphatic rings. The molecule has 3 heterocycles. The second kappa shape index (κ2) is 6.59. The zero-order valence-electron chi connectivity index (χ0n) is 14.2. The van der Waals surface area contributed by atoms with Crippen LogP contribution in [0, 0.1) is 11.3 Å². The van der Waals surface area contributed by atoms with E-state index >= 15 is 0 Å². The van der Waals surface area contributed by atoms with Gasteiger partial charge in [0.1, 0.15) is 6.54 Å². The molecule has 3 aliphatic heterocycles. The molecule has 8 heteroatoms.